The van der Waals surface area contributed by atoms with Crippen molar-refractivity contribution in [1.82, 2.24) is 10.6 Å². The lowest BCUT2D eigenvalue weighted by Gasteiger charge is -2.04. The van der Waals surface area contributed by atoms with Crippen molar-refractivity contribution in [3.05, 3.63) is 34.5 Å². The Labute approximate surface area is 128 Å². The summed E-state index contributed by atoms with van der Waals surface area (Å²) >= 11 is 1.34. The van der Waals surface area contributed by atoms with Crippen LogP contribution in [0.4, 0.5) is 4.39 Å². The standard InChI is InChI=1S/C14H17FN2OS.ClH/c1-3-16-7-8-17-14(18)13-9(2)12-10(15)5-4-6-11(12)19-13;/h4-6,16H,3,7-8H2,1-2H3,(H,17,18);1H. The first-order valence-electron chi connectivity index (χ1n) is 6.31. The molecule has 2 N–H and O–H groups in total. The van der Waals surface area contributed by atoms with Crippen molar-refractivity contribution in [3.63, 3.8) is 0 Å². The summed E-state index contributed by atoms with van der Waals surface area (Å²) in [6.07, 6.45) is 0. The molecular weight excluding hydrogens is 299 g/mol. The second-order valence-corrected chi connectivity index (χ2v) is 5.33. The normalized spacial score (nSPS) is 10.3. The van der Waals surface area contributed by atoms with Crippen LogP contribution in [0.3, 0.4) is 0 Å². The molecule has 0 spiro atoms. The highest BCUT2D eigenvalue weighted by Crippen LogP contribution is 2.32. The Bertz CT molecular complexity index is 600. The minimum atomic E-state index is -0.266. The second kappa shape index (κ2) is 7.57. The first-order valence-corrected chi connectivity index (χ1v) is 7.13. The van der Waals surface area contributed by atoms with Gasteiger partial charge < -0.3 is 10.6 Å². The van der Waals surface area contributed by atoms with Crippen LogP contribution in [0, 0.1) is 12.7 Å². The van der Waals surface area contributed by atoms with E-state index in [9.17, 15) is 9.18 Å². The van der Waals surface area contributed by atoms with Crippen molar-refractivity contribution in [1.29, 1.82) is 0 Å². The lowest BCUT2D eigenvalue weighted by atomic mass is 10.1. The van der Waals surface area contributed by atoms with E-state index < -0.39 is 0 Å². The molecule has 0 saturated heterocycles. The summed E-state index contributed by atoms with van der Waals surface area (Å²) in [6, 6.07) is 4.93. The monoisotopic (exact) mass is 316 g/mol. The quantitative estimate of drug-likeness (QED) is 0.832. The fourth-order valence-corrected chi connectivity index (χ4v) is 3.13. The minimum absolute atomic E-state index is 0. The van der Waals surface area contributed by atoms with Crippen LogP contribution in [0.25, 0.3) is 10.1 Å². The maximum Gasteiger partial charge on any atom is 0.261 e. The van der Waals surface area contributed by atoms with E-state index in [-0.39, 0.29) is 24.1 Å². The topological polar surface area (TPSA) is 41.1 Å². The Kier molecular flexibility index (Phi) is 6.39. The van der Waals surface area contributed by atoms with Crippen LogP contribution in [0.2, 0.25) is 0 Å². The van der Waals surface area contributed by atoms with E-state index in [1.807, 2.05) is 13.0 Å². The summed E-state index contributed by atoms with van der Waals surface area (Å²) in [5, 5.41) is 6.54. The molecule has 0 fully saturated rings. The SMILES string of the molecule is CCNCCNC(=O)c1sc2cccc(F)c2c1C.Cl. The molecule has 1 aromatic heterocycles. The molecule has 2 aromatic rings. The average molecular weight is 317 g/mol. The maximum absolute atomic E-state index is 13.7. The highest BCUT2D eigenvalue weighted by atomic mass is 35.5. The van der Waals surface area contributed by atoms with Gasteiger partial charge in [-0.1, -0.05) is 13.0 Å². The molecule has 6 heteroatoms. The van der Waals surface area contributed by atoms with Crippen LogP contribution in [-0.2, 0) is 0 Å². The van der Waals surface area contributed by atoms with Gasteiger partial charge in [-0.25, -0.2) is 4.39 Å². The predicted molar refractivity (Wildman–Crippen MR) is 84.6 cm³/mol. The summed E-state index contributed by atoms with van der Waals surface area (Å²) in [5.74, 6) is -0.394. The number of hydrogen-bond acceptors (Lipinski definition) is 3. The molecule has 2 rings (SSSR count). The maximum atomic E-state index is 13.7. The van der Waals surface area contributed by atoms with E-state index in [4.69, 9.17) is 0 Å². The van der Waals surface area contributed by atoms with Gasteiger partial charge in [0.1, 0.15) is 5.82 Å². The molecule has 0 aliphatic carbocycles. The summed E-state index contributed by atoms with van der Waals surface area (Å²) < 4.78 is 14.6. The first kappa shape index (κ1) is 16.9. The lowest BCUT2D eigenvalue weighted by Crippen LogP contribution is -2.31. The summed E-state index contributed by atoms with van der Waals surface area (Å²) in [4.78, 5) is 12.7. The van der Waals surface area contributed by atoms with Gasteiger partial charge in [-0.3, -0.25) is 4.79 Å². The van der Waals surface area contributed by atoms with Crippen LogP contribution in [0.1, 0.15) is 22.2 Å². The number of rotatable bonds is 5. The highest BCUT2D eigenvalue weighted by Gasteiger charge is 2.17. The van der Waals surface area contributed by atoms with Gasteiger partial charge in [0.15, 0.2) is 0 Å². The first-order chi connectivity index (χ1) is 9.15. The molecule has 1 amide bonds. The summed E-state index contributed by atoms with van der Waals surface area (Å²) in [5.41, 5.74) is 0.721. The Morgan fingerprint density at radius 3 is 2.75 bits per heavy atom. The van der Waals surface area contributed by atoms with Crippen LogP contribution < -0.4 is 10.6 Å². The molecule has 20 heavy (non-hydrogen) atoms. The van der Waals surface area contributed by atoms with Gasteiger partial charge in [0.2, 0.25) is 0 Å². The van der Waals surface area contributed by atoms with Gasteiger partial charge in [0.05, 0.1) is 4.88 Å². The molecule has 0 bridgehead atoms. The Balaban J connectivity index is 0.00000200. The number of thiophene rings is 1. The smallest absolute Gasteiger partial charge is 0.261 e. The van der Waals surface area contributed by atoms with Crippen LogP contribution in [0.15, 0.2) is 18.2 Å². The van der Waals surface area contributed by atoms with Crippen molar-refractivity contribution < 1.29 is 9.18 Å². The number of benzene rings is 1. The average Bonchev–Trinajstić information content (AvgIpc) is 2.73. The largest absolute Gasteiger partial charge is 0.350 e. The number of halogens is 2. The minimum Gasteiger partial charge on any atom is -0.350 e. The van der Waals surface area contributed by atoms with Crippen molar-refractivity contribution >= 4 is 39.7 Å². The highest BCUT2D eigenvalue weighted by molar-refractivity contribution is 7.21. The molecule has 0 aliphatic heterocycles. The number of fused-ring (bicyclic) bond motifs is 1. The number of likely N-dealkylation sites (N-methyl/N-ethyl adjacent to an activating group) is 1. The number of amides is 1. The molecule has 1 heterocycles. The van der Waals surface area contributed by atoms with Gasteiger partial charge in [0.25, 0.3) is 5.91 Å². The van der Waals surface area contributed by atoms with Crippen molar-refractivity contribution in [2.75, 3.05) is 19.6 Å². The Hall–Kier alpha value is -1.17. The van der Waals surface area contributed by atoms with Crippen molar-refractivity contribution in [3.8, 4) is 0 Å². The van der Waals surface area contributed by atoms with E-state index >= 15 is 0 Å². The van der Waals surface area contributed by atoms with E-state index in [1.54, 1.807) is 13.0 Å². The molecule has 0 unspecified atom stereocenters. The number of carbonyl (C=O) groups is 1. The zero-order valence-electron chi connectivity index (χ0n) is 11.5. The zero-order chi connectivity index (χ0) is 13.8. The zero-order valence-corrected chi connectivity index (χ0v) is 13.1. The van der Waals surface area contributed by atoms with E-state index in [0.29, 0.717) is 16.8 Å². The lowest BCUT2D eigenvalue weighted by molar-refractivity contribution is 0.0957. The third-order valence-corrected chi connectivity index (χ3v) is 4.20. The third kappa shape index (κ3) is 3.48. The molecule has 110 valence electrons. The van der Waals surface area contributed by atoms with Gasteiger partial charge in [-0.2, -0.15) is 0 Å². The number of hydrogen-bond donors (Lipinski definition) is 2. The predicted octanol–water partition coefficient (Wildman–Crippen LogP) is 3.11. The molecule has 1 aromatic carbocycles. The molecule has 0 saturated carbocycles. The van der Waals surface area contributed by atoms with Gasteiger partial charge in [0, 0.05) is 23.2 Å². The van der Waals surface area contributed by atoms with E-state index in [0.717, 1.165) is 23.4 Å². The Morgan fingerprint density at radius 2 is 2.10 bits per heavy atom. The fraction of sp³-hybridized carbons (Fsp3) is 0.357. The third-order valence-electron chi connectivity index (χ3n) is 2.95. The van der Waals surface area contributed by atoms with E-state index in [1.165, 1.54) is 17.4 Å². The molecule has 0 aliphatic rings. The van der Waals surface area contributed by atoms with Gasteiger partial charge >= 0.3 is 0 Å². The summed E-state index contributed by atoms with van der Waals surface area (Å²) in [6.45, 7) is 5.99. The Morgan fingerprint density at radius 1 is 1.35 bits per heavy atom. The van der Waals surface area contributed by atoms with Crippen molar-refractivity contribution in [2.24, 2.45) is 0 Å². The number of aryl methyl sites for hydroxylation is 1. The number of nitrogens with one attached hydrogen (secondary N) is 2. The molecule has 3 nitrogen and oxygen atoms in total. The van der Waals surface area contributed by atoms with Gasteiger partial charge in [-0.15, -0.1) is 23.7 Å². The van der Waals surface area contributed by atoms with Gasteiger partial charge in [-0.05, 0) is 31.2 Å². The molecule has 0 atom stereocenters. The number of carbonyl (C=O) groups excluding carboxylic acids is 1. The molecular formula is C14H18ClFN2OS. The second-order valence-electron chi connectivity index (χ2n) is 4.28. The van der Waals surface area contributed by atoms with Crippen LogP contribution in [0.5, 0.6) is 0 Å². The van der Waals surface area contributed by atoms with E-state index in [2.05, 4.69) is 10.6 Å². The van der Waals surface area contributed by atoms with Crippen LogP contribution >= 0.6 is 23.7 Å². The summed E-state index contributed by atoms with van der Waals surface area (Å²) in [7, 11) is 0. The van der Waals surface area contributed by atoms with Crippen molar-refractivity contribution in [2.45, 2.75) is 13.8 Å². The fourth-order valence-electron chi connectivity index (χ4n) is 1.99. The molecule has 0 radical (unpaired) electrons. The van der Waals surface area contributed by atoms with Crippen LogP contribution in [-0.4, -0.2) is 25.5 Å².